The predicted molar refractivity (Wildman–Crippen MR) is 63.0 cm³/mol. The topological polar surface area (TPSA) is 46.6 Å². The van der Waals surface area contributed by atoms with Crippen LogP contribution in [0.5, 0.6) is 0 Å². The molecule has 4 heteroatoms. The fourth-order valence-corrected chi connectivity index (χ4v) is 1.29. The van der Waals surface area contributed by atoms with Gasteiger partial charge in [-0.3, -0.25) is 9.59 Å². The van der Waals surface area contributed by atoms with E-state index in [0.29, 0.717) is 31.7 Å². The second-order valence-corrected chi connectivity index (χ2v) is 4.21. The predicted octanol–water partition coefficient (Wildman–Crippen LogP) is 1.83. The van der Waals surface area contributed by atoms with Crippen LogP contribution in [0.4, 0.5) is 0 Å². The number of rotatable bonds is 7. The minimum absolute atomic E-state index is 0.152. The fourth-order valence-electron chi connectivity index (χ4n) is 1.29. The van der Waals surface area contributed by atoms with Crippen molar-refractivity contribution >= 4 is 11.9 Å². The third-order valence-electron chi connectivity index (χ3n) is 2.75. The van der Waals surface area contributed by atoms with Crippen LogP contribution in [0.25, 0.3) is 0 Å². The number of amides is 1. The molecule has 0 spiro atoms. The SMILES string of the molecule is CCC(C)CC(=O)N(C)CCCC(=O)OC. The minimum Gasteiger partial charge on any atom is -0.469 e. The van der Waals surface area contributed by atoms with Crippen molar-refractivity contribution in [3.05, 3.63) is 0 Å². The Labute approximate surface area is 98.0 Å². The molecule has 0 aromatic carbocycles. The lowest BCUT2D eigenvalue weighted by Gasteiger charge is -2.18. The van der Waals surface area contributed by atoms with Crippen molar-refractivity contribution in [2.45, 2.75) is 39.5 Å². The summed E-state index contributed by atoms with van der Waals surface area (Å²) >= 11 is 0. The normalized spacial score (nSPS) is 12.0. The number of carbonyl (C=O) groups excluding carboxylic acids is 2. The molecule has 0 aromatic heterocycles. The van der Waals surface area contributed by atoms with E-state index in [9.17, 15) is 9.59 Å². The molecule has 4 nitrogen and oxygen atoms in total. The molecule has 1 amide bonds. The third-order valence-corrected chi connectivity index (χ3v) is 2.75. The van der Waals surface area contributed by atoms with Crippen LogP contribution in [-0.2, 0) is 14.3 Å². The van der Waals surface area contributed by atoms with Gasteiger partial charge in [-0.1, -0.05) is 20.3 Å². The summed E-state index contributed by atoms with van der Waals surface area (Å²) in [6.45, 7) is 4.76. The fraction of sp³-hybridized carbons (Fsp3) is 0.833. The van der Waals surface area contributed by atoms with E-state index in [4.69, 9.17) is 0 Å². The third kappa shape index (κ3) is 6.43. The monoisotopic (exact) mass is 229 g/mol. The summed E-state index contributed by atoms with van der Waals surface area (Å²) in [5.41, 5.74) is 0. The van der Waals surface area contributed by atoms with E-state index < -0.39 is 0 Å². The number of carbonyl (C=O) groups is 2. The zero-order chi connectivity index (χ0) is 12.6. The van der Waals surface area contributed by atoms with Gasteiger partial charge >= 0.3 is 5.97 Å². The molecule has 0 bridgehead atoms. The molecule has 16 heavy (non-hydrogen) atoms. The van der Waals surface area contributed by atoms with E-state index in [2.05, 4.69) is 18.6 Å². The van der Waals surface area contributed by atoms with Gasteiger partial charge in [0.05, 0.1) is 7.11 Å². The highest BCUT2D eigenvalue weighted by Gasteiger charge is 2.12. The summed E-state index contributed by atoms with van der Waals surface area (Å²) in [4.78, 5) is 24.2. The lowest BCUT2D eigenvalue weighted by Crippen LogP contribution is -2.29. The van der Waals surface area contributed by atoms with Gasteiger partial charge in [-0.2, -0.15) is 0 Å². The first kappa shape index (κ1) is 14.9. The molecule has 0 aliphatic heterocycles. The van der Waals surface area contributed by atoms with E-state index in [0.717, 1.165) is 6.42 Å². The maximum Gasteiger partial charge on any atom is 0.305 e. The molecule has 0 aliphatic rings. The van der Waals surface area contributed by atoms with Crippen LogP contribution in [0, 0.1) is 5.92 Å². The molecule has 0 rings (SSSR count). The number of esters is 1. The summed E-state index contributed by atoms with van der Waals surface area (Å²) in [7, 11) is 3.15. The first-order valence-electron chi connectivity index (χ1n) is 5.82. The Morgan fingerprint density at radius 1 is 1.38 bits per heavy atom. The molecule has 0 radical (unpaired) electrons. The molecular weight excluding hydrogens is 206 g/mol. The molecule has 0 fully saturated rings. The quantitative estimate of drug-likeness (QED) is 0.626. The van der Waals surface area contributed by atoms with Crippen molar-refractivity contribution in [1.82, 2.24) is 4.90 Å². The number of hydrogen-bond acceptors (Lipinski definition) is 3. The van der Waals surface area contributed by atoms with Gasteiger partial charge < -0.3 is 9.64 Å². The van der Waals surface area contributed by atoms with Gasteiger partial charge in [0.2, 0.25) is 5.91 Å². The van der Waals surface area contributed by atoms with Crippen molar-refractivity contribution in [3.8, 4) is 0 Å². The van der Waals surface area contributed by atoms with Gasteiger partial charge in [-0.15, -0.1) is 0 Å². The molecule has 0 N–H and O–H groups in total. The van der Waals surface area contributed by atoms with Crippen molar-refractivity contribution in [2.75, 3.05) is 20.7 Å². The van der Waals surface area contributed by atoms with Crippen LogP contribution >= 0.6 is 0 Å². The molecule has 0 aromatic rings. The molecule has 0 aliphatic carbocycles. The van der Waals surface area contributed by atoms with Gasteiger partial charge in [-0.25, -0.2) is 0 Å². The molecule has 0 saturated carbocycles. The Morgan fingerprint density at radius 2 is 2.00 bits per heavy atom. The molecule has 0 saturated heterocycles. The van der Waals surface area contributed by atoms with Crippen LogP contribution in [-0.4, -0.2) is 37.5 Å². The standard InChI is InChI=1S/C12H23NO3/c1-5-10(2)9-11(14)13(3)8-6-7-12(15)16-4/h10H,5-9H2,1-4H3. The molecule has 0 heterocycles. The highest BCUT2D eigenvalue weighted by Crippen LogP contribution is 2.08. The molecule has 1 atom stereocenters. The smallest absolute Gasteiger partial charge is 0.305 e. The molecular formula is C12H23NO3. The van der Waals surface area contributed by atoms with E-state index in [1.165, 1.54) is 7.11 Å². The number of nitrogens with zero attached hydrogens (tertiary/aromatic N) is 1. The van der Waals surface area contributed by atoms with Crippen molar-refractivity contribution in [1.29, 1.82) is 0 Å². The Balaban J connectivity index is 3.75. The second kappa shape index (κ2) is 8.13. The number of methoxy groups -OCH3 is 1. The molecule has 94 valence electrons. The van der Waals surface area contributed by atoms with Crippen molar-refractivity contribution in [3.63, 3.8) is 0 Å². The first-order chi connectivity index (χ1) is 7.51. The Morgan fingerprint density at radius 3 is 2.50 bits per heavy atom. The average molecular weight is 229 g/mol. The summed E-state index contributed by atoms with van der Waals surface area (Å²) < 4.78 is 4.53. The summed E-state index contributed by atoms with van der Waals surface area (Å²) in [5.74, 6) is 0.359. The van der Waals surface area contributed by atoms with Crippen LogP contribution in [0.3, 0.4) is 0 Å². The second-order valence-electron chi connectivity index (χ2n) is 4.21. The maximum absolute atomic E-state index is 11.7. The van der Waals surface area contributed by atoms with Gasteiger partial charge in [0.1, 0.15) is 0 Å². The Bertz CT molecular complexity index is 228. The minimum atomic E-state index is -0.220. The lowest BCUT2D eigenvalue weighted by atomic mass is 10.0. The van der Waals surface area contributed by atoms with Crippen LogP contribution in [0.1, 0.15) is 39.5 Å². The lowest BCUT2D eigenvalue weighted by molar-refractivity contribution is -0.141. The van der Waals surface area contributed by atoms with Crippen LogP contribution in [0.15, 0.2) is 0 Å². The zero-order valence-electron chi connectivity index (χ0n) is 10.8. The van der Waals surface area contributed by atoms with Crippen molar-refractivity contribution in [2.24, 2.45) is 5.92 Å². The summed E-state index contributed by atoms with van der Waals surface area (Å²) in [6.07, 6.45) is 2.64. The van der Waals surface area contributed by atoms with Crippen molar-refractivity contribution < 1.29 is 14.3 Å². The van der Waals surface area contributed by atoms with Gasteiger partial charge in [0.15, 0.2) is 0 Å². The Kier molecular flexibility index (Phi) is 7.60. The summed E-state index contributed by atoms with van der Waals surface area (Å²) in [6, 6.07) is 0. The van der Waals surface area contributed by atoms with Gasteiger partial charge in [0, 0.05) is 26.4 Å². The van der Waals surface area contributed by atoms with Crippen LogP contribution in [0.2, 0.25) is 0 Å². The van der Waals surface area contributed by atoms with E-state index in [1.807, 2.05) is 0 Å². The first-order valence-corrected chi connectivity index (χ1v) is 5.82. The van der Waals surface area contributed by atoms with Gasteiger partial charge in [0.25, 0.3) is 0 Å². The van der Waals surface area contributed by atoms with E-state index in [1.54, 1.807) is 11.9 Å². The maximum atomic E-state index is 11.7. The average Bonchev–Trinajstić information content (AvgIpc) is 2.28. The molecule has 1 unspecified atom stereocenters. The highest BCUT2D eigenvalue weighted by atomic mass is 16.5. The number of hydrogen-bond donors (Lipinski definition) is 0. The largest absolute Gasteiger partial charge is 0.469 e. The van der Waals surface area contributed by atoms with Crippen LogP contribution < -0.4 is 0 Å². The highest BCUT2D eigenvalue weighted by molar-refractivity contribution is 5.76. The van der Waals surface area contributed by atoms with E-state index in [-0.39, 0.29) is 11.9 Å². The van der Waals surface area contributed by atoms with Gasteiger partial charge in [-0.05, 0) is 12.3 Å². The Hall–Kier alpha value is -1.06. The summed E-state index contributed by atoms with van der Waals surface area (Å²) in [5, 5.41) is 0. The van der Waals surface area contributed by atoms with E-state index >= 15 is 0 Å². The number of ether oxygens (including phenoxy) is 1. The zero-order valence-corrected chi connectivity index (χ0v) is 10.8.